The Morgan fingerprint density at radius 2 is 2.07 bits per heavy atom. The summed E-state index contributed by atoms with van der Waals surface area (Å²) in [5.74, 6) is -1.85. The third kappa shape index (κ3) is 3.95. The normalized spacial score (nSPS) is 16.7. The fourth-order valence-corrected chi connectivity index (χ4v) is 3.33. The van der Waals surface area contributed by atoms with Gasteiger partial charge in [-0.1, -0.05) is 12.1 Å². The SMILES string of the molecule is CCOC(=O)C1CCCN(C(=O)c2nn(-c3ccccc3F)c(C)cc2=O)C1. The van der Waals surface area contributed by atoms with Gasteiger partial charge < -0.3 is 9.64 Å². The summed E-state index contributed by atoms with van der Waals surface area (Å²) >= 11 is 0. The number of nitrogens with zero attached hydrogens (tertiary/aromatic N) is 3. The summed E-state index contributed by atoms with van der Waals surface area (Å²) in [6.07, 6.45) is 1.26. The lowest BCUT2D eigenvalue weighted by atomic mass is 9.98. The van der Waals surface area contributed by atoms with Crippen molar-refractivity contribution >= 4 is 11.9 Å². The van der Waals surface area contributed by atoms with Gasteiger partial charge in [-0.2, -0.15) is 5.10 Å². The smallest absolute Gasteiger partial charge is 0.310 e. The van der Waals surface area contributed by atoms with Gasteiger partial charge in [-0.15, -0.1) is 0 Å². The van der Waals surface area contributed by atoms with Crippen molar-refractivity contribution in [2.24, 2.45) is 5.92 Å². The van der Waals surface area contributed by atoms with E-state index in [1.165, 1.54) is 27.8 Å². The lowest BCUT2D eigenvalue weighted by molar-refractivity contribution is -0.149. The number of hydrogen-bond acceptors (Lipinski definition) is 5. The highest BCUT2D eigenvalue weighted by Crippen LogP contribution is 2.19. The Bertz CT molecular complexity index is 957. The zero-order valence-electron chi connectivity index (χ0n) is 15.9. The van der Waals surface area contributed by atoms with Gasteiger partial charge in [-0.3, -0.25) is 14.4 Å². The molecule has 0 aliphatic carbocycles. The monoisotopic (exact) mass is 387 g/mol. The average Bonchev–Trinajstić information content (AvgIpc) is 2.69. The van der Waals surface area contributed by atoms with Gasteiger partial charge in [0.1, 0.15) is 11.5 Å². The van der Waals surface area contributed by atoms with Gasteiger partial charge in [0.25, 0.3) is 5.91 Å². The van der Waals surface area contributed by atoms with Crippen LogP contribution >= 0.6 is 0 Å². The molecule has 7 nitrogen and oxygen atoms in total. The van der Waals surface area contributed by atoms with Crippen molar-refractivity contribution in [3.05, 3.63) is 57.8 Å². The lowest BCUT2D eigenvalue weighted by Crippen LogP contribution is -2.44. The molecular formula is C20H22FN3O4. The Balaban J connectivity index is 1.92. The molecule has 1 fully saturated rings. The first-order valence-corrected chi connectivity index (χ1v) is 9.24. The Morgan fingerprint density at radius 1 is 1.32 bits per heavy atom. The molecule has 1 aliphatic rings. The van der Waals surface area contributed by atoms with Crippen LogP contribution in [0.1, 0.15) is 35.9 Å². The molecule has 1 amide bonds. The summed E-state index contributed by atoms with van der Waals surface area (Å²) in [4.78, 5) is 38.8. The van der Waals surface area contributed by atoms with Crippen LogP contribution in [0.25, 0.3) is 5.69 Å². The maximum Gasteiger partial charge on any atom is 0.310 e. The second-order valence-corrected chi connectivity index (χ2v) is 6.70. The Hall–Kier alpha value is -3.03. The van der Waals surface area contributed by atoms with E-state index in [0.29, 0.717) is 25.1 Å². The highest BCUT2D eigenvalue weighted by atomic mass is 19.1. The van der Waals surface area contributed by atoms with Gasteiger partial charge in [0.05, 0.1) is 12.5 Å². The van der Waals surface area contributed by atoms with Gasteiger partial charge in [0.15, 0.2) is 5.69 Å². The van der Waals surface area contributed by atoms with E-state index in [2.05, 4.69) is 5.10 Å². The molecule has 0 bridgehead atoms. The van der Waals surface area contributed by atoms with E-state index in [4.69, 9.17) is 4.74 Å². The predicted molar refractivity (Wildman–Crippen MR) is 99.8 cm³/mol. The number of halogens is 1. The molecule has 0 radical (unpaired) electrons. The average molecular weight is 387 g/mol. The topological polar surface area (TPSA) is 81.5 Å². The van der Waals surface area contributed by atoms with E-state index >= 15 is 0 Å². The van der Waals surface area contributed by atoms with E-state index in [1.54, 1.807) is 26.0 Å². The van der Waals surface area contributed by atoms with Crippen molar-refractivity contribution in [3.8, 4) is 5.69 Å². The number of carbonyl (C=O) groups excluding carboxylic acids is 2. The van der Waals surface area contributed by atoms with Gasteiger partial charge in [0, 0.05) is 24.8 Å². The predicted octanol–water partition coefficient (Wildman–Crippen LogP) is 2.10. The van der Waals surface area contributed by atoms with Crippen molar-refractivity contribution < 1.29 is 18.7 Å². The van der Waals surface area contributed by atoms with E-state index in [-0.39, 0.29) is 30.5 Å². The second-order valence-electron chi connectivity index (χ2n) is 6.70. The molecule has 0 saturated carbocycles. The first-order valence-electron chi connectivity index (χ1n) is 9.24. The third-order valence-electron chi connectivity index (χ3n) is 4.72. The first kappa shape index (κ1) is 19.7. The molecule has 2 heterocycles. The van der Waals surface area contributed by atoms with Crippen molar-refractivity contribution in [1.82, 2.24) is 14.7 Å². The molecule has 1 unspecified atom stereocenters. The molecule has 1 atom stereocenters. The molecular weight excluding hydrogens is 365 g/mol. The van der Waals surface area contributed by atoms with Crippen LogP contribution in [-0.4, -0.2) is 46.3 Å². The minimum absolute atomic E-state index is 0.150. The Morgan fingerprint density at radius 3 is 2.79 bits per heavy atom. The molecule has 0 spiro atoms. The number of aryl methyl sites for hydroxylation is 1. The zero-order valence-corrected chi connectivity index (χ0v) is 15.9. The van der Waals surface area contributed by atoms with Crippen molar-refractivity contribution in [2.45, 2.75) is 26.7 Å². The van der Waals surface area contributed by atoms with Gasteiger partial charge in [-0.25, -0.2) is 9.07 Å². The largest absolute Gasteiger partial charge is 0.466 e. The van der Waals surface area contributed by atoms with E-state index < -0.39 is 23.1 Å². The molecule has 1 aromatic heterocycles. The van der Waals surface area contributed by atoms with Crippen molar-refractivity contribution in [3.63, 3.8) is 0 Å². The standard InChI is InChI=1S/C20H22FN3O4/c1-3-28-20(27)14-7-6-10-23(12-14)19(26)18-17(25)11-13(2)24(22-18)16-9-5-4-8-15(16)21/h4-5,8-9,11,14H,3,6-7,10,12H2,1-2H3. The maximum atomic E-state index is 14.2. The van der Waals surface area contributed by atoms with Crippen molar-refractivity contribution in [1.29, 1.82) is 0 Å². The molecule has 148 valence electrons. The summed E-state index contributed by atoms with van der Waals surface area (Å²) in [6, 6.07) is 7.26. The third-order valence-corrected chi connectivity index (χ3v) is 4.72. The van der Waals surface area contributed by atoms with Crippen LogP contribution < -0.4 is 5.43 Å². The molecule has 1 aliphatic heterocycles. The summed E-state index contributed by atoms with van der Waals surface area (Å²) in [5.41, 5.74) is -0.265. The number of rotatable bonds is 4. The highest BCUT2D eigenvalue weighted by molar-refractivity contribution is 5.92. The second kappa shape index (κ2) is 8.33. The number of hydrogen-bond donors (Lipinski definition) is 0. The van der Waals surface area contributed by atoms with Gasteiger partial charge >= 0.3 is 5.97 Å². The van der Waals surface area contributed by atoms with Gasteiger partial charge in [-0.05, 0) is 38.8 Å². The van der Waals surface area contributed by atoms with Crippen LogP contribution in [0.5, 0.6) is 0 Å². The summed E-state index contributed by atoms with van der Waals surface area (Å²) in [6.45, 7) is 4.21. The summed E-state index contributed by atoms with van der Waals surface area (Å²) in [7, 11) is 0. The van der Waals surface area contributed by atoms with Crippen molar-refractivity contribution in [2.75, 3.05) is 19.7 Å². The van der Waals surface area contributed by atoms with E-state index in [9.17, 15) is 18.8 Å². The van der Waals surface area contributed by atoms with Crippen LogP contribution in [0.15, 0.2) is 35.1 Å². The zero-order chi connectivity index (χ0) is 20.3. The Labute approximate surface area is 161 Å². The maximum absolute atomic E-state index is 14.2. The highest BCUT2D eigenvalue weighted by Gasteiger charge is 2.31. The van der Waals surface area contributed by atoms with Crippen LogP contribution in [0.3, 0.4) is 0 Å². The number of ether oxygens (including phenoxy) is 1. The van der Waals surface area contributed by atoms with Crippen LogP contribution in [0.4, 0.5) is 4.39 Å². The van der Waals surface area contributed by atoms with Crippen LogP contribution in [0.2, 0.25) is 0 Å². The number of carbonyl (C=O) groups is 2. The first-order chi connectivity index (χ1) is 13.4. The summed E-state index contributed by atoms with van der Waals surface area (Å²) in [5, 5.41) is 4.14. The fraction of sp³-hybridized carbons (Fsp3) is 0.400. The number of likely N-dealkylation sites (tertiary alicyclic amines) is 1. The number of aromatic nitrogens is 2. The molecule has 0 N–H and O–H groups in total. The Kier molecular flexibility index (Phi) is 5.87. The minimum Gasteiger partial charge on any atom is -0.466 e. The lowest BCUT2D eigenvalue weighted by Gasteiger charge is -2.31. The molecule has 8 heteroatoms. The van der Waals surface area contributed by atoms with Gasteiger partial charge in [0.2, 0.25) is 5.43 Å². The number of para-hydroxylation sites is 1. The number of esters is 1. The number of amides is 1. The molecule has 1 saturated heterocycles. The van der Waals surface area contributed by atoms with E-state index in [1.807, 2.05) is 0 Å². The molecule has 28 heavy (non-hydrogen) atoms. The molecule has 3 rings (SSSR count). The number of piperidine rings is 1. The minimum atomic E-state index is -0.566. The molecule has 1 aromatic carbocycles. The summed E-state index contributed by atoms with van der Waals surface area (Å²) < 4.78 is 20.5. The van der Waals surface area contributed by atoms with Crippen LogP contribution in [-0.2, 0) is 9.53 Å². The van der Waals surface area contributed by atoms with E-state index in [0.717, 1.165) is 0 Å². The quantitative estimate of drug-likeness (QED) is 0.751. The number of benzene rings is 1. The van der Waals surface area contributed by atoms with Crippen LogP contribution in [0, 0.1) is 18.7 Å². The molecule has 2 aromatic rings. The fourth-order valence-electron chi connectivity index (χ4n) is 3.33.